The maximum Gasteiger partial charge on any atom is 0.280 e. The Labute approximate surface area is 159 Å². The van der Waals surface area contributed by atoms with Gasteiger partial charge in [0.25, 0.3) is 5.69 Å². The van der Waals surface area contributed by atoms with Crippen LogP contribution >= 0.6 is 0 Å². The third-order valence-electron chi connectivity index (χ3n) is 5.14. The molecule has 0 radical (unpaired) electrons. The Kier molecular flexibility index (Phi) is 8.23. The number of benzene rings is 1. The van der Waals surface area contributed by atoms with Crippen LogP contribution in [-0.2, 0) is 4.79 Å². The van der Waals surface area contributed by atoms with Gasteiger partial charge in [0.1, 0.15) is 5.75 Å². The lowest BCUT2D eigenvalue weighted by molar-refractivity contribution is -0.385. The maximum absolute atomic E-state index is 12.3. The number of hydrogen-bond acceptors (Lipinski definition) is 5. The van der Waals surface area contributed by atoms with Gasteiger partial charge in [-0.05, 0) is 44.2 Å². The number of amides is 1. The summed E-state index contributed by atoms with van der Waals surface area (Å²) in [6.45, 7) is 0.447. The lowest BCUT2D eigenvalue weighted by Crippen LogP contribution is -2.38. The van der Waals surface area contributed by atoms with E-state index in [2.05, 4.69) is 0 Å². The molecule has 0 aromatic heterocycles. The highest BCUT2D eigenvalue weighted by molar-refractivity contribution is 5.82. The zero-order chi connectivity index (χ0) is 19.6. The SMILES string of the molecule is CN(C(=O)CCCCCOc1ccc([N+](=O)[O-])c(C=O)c1)C1CCCCC1. The van der Waals surface area contributed by atoms with Gasteiger partial charge in [-0.3, -0.25) is 19.7 Å². The molecule has 0 saturated heterocycles. The zero-order valence-corrected chi connectivity index (χ0v) is 15.9. The van der Waals surface area contributed by atoms with Crippen LogP contribution in [0.15, 0.2) is 18.2 Å². The van der Waals surface area contributed by atoms with Gasteiger partial charge in [0.2, 0.25) is 5.91 Å². The molecule has 0 atom stereocenters. The fraction of sp³-hybridized carbons (Fsp3) is 0.600. The summed E-state index contributed by atoms with van der Waals surface area (Å²) < 4.78 is 5.56. The van der Waals surface area contributed by atoms with E-state index in [1.807, 2.05) is 11.9 Å². The minimum Gasteiger partial charge on any atom is -0.494 e. The van der Waals surface area contributed by atoms with Gasteiger partial charge >= 0.3 is 0 Å². The normalized spacial score (nSPS) is 14.6. The summed E-state index contributed by atoms with van der Waals surface area (Å²) in [5.41, 5.74) is -0.216. The number of aldehydes is 1. The van der Waals surface area contributed by atoms with Gasteiger partial charge in [-0.2, -0.15) is 0 Å². The molecular formula is C20H28N2O5. The Morgan fingerprint density at radius 1 is 1.26 bits per heavy atom. The number of carbonyl (C=O) groups excluding carboxylic acids is 2. The van der Waals surface area contributed by atoms with Crippen molar-refractivity contribution in [2.24, 2.45) is 0 Å². The molecule has 1 saturated carbocycles. The second-order valence-electron chi connectivity index (χ2n) is 7.05. The van der Waals surface area contributed by atoms with Crippen molar-refractivity contribution in [2.45, 2.75) is 63.8 Å². The summed E-state index contributed by atoms with van der Waals surface area (Å²) in [5, 5.41) is 10.8. The smallest absolute Gasteiger partial charge is 0.280 e. The molecule has 148 valence electrons. The third-order valence-corrected chi connectivity index (χ3v) is 5.14. The van der Waals surface area contributed by atoms with Gasteiger partial charge in [0, 0.05) is 25.6 Å². The van der Waals surface area contributed by atoms with Crippen LogP contribution < -0.4 is 4.74 Å². The average Bonchev–Trinajstić information content (AvgIpc) is 2.70. The summed E-state index contributed by atoms with van der Waals surface area (Å²) in [6.07, 6.45) is 9.44. The quantitative estimate of drug-likeness (QED) is 0.265. The molecule has 0 heterocycles. The van der Waals surface area contributed by atoms with Gasteiger partial charge in [-0.15, -0.1) is 0 Å². The molecule has 1 amide bonds. The Morgan fingerprint density at radius 3 is 2.67 bits per heavy atom. The van der Waals surface area contributed by atoms with Crippen molar-refractivity contribution in [1.29, 1.82) is 0 Å². The monoisotopic (exact) mass is 376 g/mol. The molecule has 0 unspecified atom stereocenters. The van der Waals surface area contributed by atoms with Crippen LogP contribution in [0.5, 0.6) is 5.75 Å². The first-order valence-electron chi connectivity index (χ1n) is 9.65. The van der Waals surface area contributed by atoms with Crippen molar-refractivity contribution in [1.82, 2.24) is 4.90 Å². The topological polar surface area (TPSA) is 89.8 Å². The Balaban J connectivity index is 1.65. The minimum atomic E-state index is -0.588. The van der Waals surface area contributed by atoms with Crippen molar-refractivity contribution >= 4 is 17.9 Å². The molecule has 0 aliphatic heterocycles. The van der Waals surface area contributed by atoms with Gasteiger partial charge < -0.3 is 9.64 Å². The van der Waals surface area contributed by atoms with Crippen LogP contribution in [0.4, 0.5) is 5.69 Å². The molecule has 0 spiro atoms. The van der Waals surface area contributed by atoms with E-state index in [4.69, 9.17) is 4.74 Å². The fourth-order valence-corrected chi connectivity index (χ4v) is 3.48. The van der Waals surface area contributed by atoms with Gasteiger partial charge in [-0.1, -0.05) is 19.3 Å². The lowest BCUT2D eigenvalue weighted by atomic mass is 9.94. The predicted octanol–water partition coefficient (Wildman–Crippen LogP) is 4.14. The van der Waals surface area contributed by atoms with Crippen LogP contribution in [-0.4, -0.2) is 41.7 Å². The predicted molar refractivity (Wildman–Crippen MR) is 102 cm³/mol. The summed E-state index contributed by atoms with van der Waals surface area (Å²) in [4.78, 5) is 35.3. The van der Waals surface area contributed by atoms with Gasteiger partial charge in [0.15, 0.2) is 6.29 Å². The van der Waals surface area contributed by atoms with E-state index in [9.17, 15) is 19.7 Å². The molecule has 7 heteroatoms. The molecule has 1 fully saturated rings. The van der Waals surface area contributed by atoms with Crippen molar-refractivity contribution in [3.63, 3.8) is 0 Å². The molecule has 1 aliphatic rings. The Bertz CT molecular complexity index is 656. The average molecular weight is 376 g/mol. The van der Waals surface area contributed by atoms with Crippen LogP contribution in [0.1, 0.15) is 68.1 Å². The molecule has 7 nitrogen and oxygen atoms in total. The number of carbonyl (C=O) groups is 2. The molecule has 1 aromatic rings. The van der Waals surface area contributed by atoms with E-state index in [0.717, 1.165) is 32.1 Å². The number of nitro benzene ring substituents is 1. The molecular weight excluding hydrogens is 348 g/mol. The first-order valence-corrected chi connectivity index (χ1v) is 9.65. The maximum atomic E-state index is 12.3. The molecule has 2 rings (SSSR count). The van der Waals surface area contributed by atoms with Gasteiger partial charge in [0.05, 0.1) is 17.1 Å². The van der Waals surface area contributed by atoms with E-state index in [1.54, 1.807) is 0 Å². The minimum absolute atomic E-state index is 0.00819. The first kappa shape index (κ1) is 20.9. The van der Waals surface area contributed by atoms with E-state index in [-0.39, 0.29) is 17.2 Å². The third kappa shape index (κ3) is 6.34. The molecule has 1 aromatic carbocycles. The highest BCUT2D eigenvalue weighted by Crippen LogP contribution is 2.23. The molecule has 1 aliphatic carbocycles. The van der Waals surface area contributed by atoms with Crippen LogP contribution in [0, 0.1) is 10.1 Å². The number of ether oxygens (including phenoxy) is 1. The van der Waals surface area contributed by atoms with Crippen LogP contribution in [0.3, 0.4) is 0 Å². The summed E-state index contributed by atoms with van der Waals surface area (Å²) in [5.74, 6) is 0.657. The number of nitrogens with zero attached hydrogens (tertiary/aromatic N) is 2. The van der Waals surface area contributed by atoms with E-state index < -0.39 is 4.92 Å². The Hall–Kier alpha value is -2.44. The van der Waals surface area contributed by atoms with Gasteiger partial charge in [-0.25, -0.2) is 0 Å². The van der Waals surface area contributed by atoms with E-state index >= 15 is 0 Å². The van der Waals surface area contributed by atoms with E-state index in [1.165, 1.54) is 37.5 Å². The standard InChI is InChI=1S/C20H28N2O5/c1-21(17-8-4-2-5-9-17)20(24)10-6-3-7-13-27-18-11-12-19(22(25)26)16(14-18)15-23/h11-12,14-15,17H,2-10,13H2,1H3. The zero-order valence-electron chi connectivity index (χ0n) is 15.9. The molecule has 0 N–H and O–H groups in total. The van der Waals surface area contributed by atoms with Crippen LogP contribution in [0.25, 0.3) is 0 Å². The molecule has 27 heavy (non-hydrogen) atoms. The summed E-state index contributed by atoms with van der Waals surface area (Å²) in [6, 6.07) is 4.56. The highest BCUT2D eigenvalue weighted by Gasteiger charge is 2.21. The highest BCUT2D eigenvalue weighted by atomic mass is 16.6. The number of unbranched alkanes of at least 4 members (excludes halogenated alkanes) is 2. The van der Waals surface area contributed by atoms with Crippen LogP contribution in [0.2, 0.25) is 0 Å². The van der Waals surface area contributed by atoms with Crippen molar-refractivity contribution in [3.05, 3.63) is 33.9 Å². The summed E-state index contributed by atoms with van der Waals surface area (Å²) in [7, 11) is 1.92. The number of rotatable bonds is 10. The first-order chi connectivity index (χ1) is 13.0. The second-order valence-corrected chi connectivity index (χ2v) is 7.05. The largest absolute Gasteiger partial charge is 0.494 e. The fourth-order valence-electron chi connectivity index (χ4n) is 3.48. The second kappa shape index (κ2) is 10.6. The van der Waals surface area contributed by atoms with Crippen molar-refractivity contribution < 1.29 is 19.2 Å². The van der Waals surface area contributed by atoms with E-state index in [0.29, 0.717) is 31.1 Å². The Morgan fingerprint density at radius 2 is 2.00 bits per heavy atom. The molecule has 0 bridgehead atoms. The number of nitro groups is 1. The lowest BCUT2D eigenvalue weighted by Gasteiger charge is -2.31. The summed E-state index contributed by atoms with van der Waals surface area (Å²) >= 11 is 0. The van der Waals surface area contributed by atoms with Crippen molar-refractivity contribution in [3.8, 4) is 5.75 Å². The number of hydrogen-bond donors (Lipinski definition) is 0. The van der Waals surface area contributed by atoms with Crippen molar-refractivity contribution in [2.75, 3.05) is 13.7 Å².